The van der Waals surface area contributed by atoms with E-state index in [0.29, 0.717) is 16.2 Å². The van der Waals surface area contributed by atoms with Crippen LogP contribution in [0, 0.1) is 5.92 Å². The lowest BCUT2D eigenvalue weighted by molar-refractivity contribution is -0.122. The van der Waals surface area contributed by atoms with Gasteiger partial charge >= 0.3 is 0 Å². The van der Waals surface area contributed by atoms with Crippen LogP contribution < -0.4 is 5.32 Å². The Morgan fingerprint density at radius 3 is 2.48 bits per heavy atom. The molecule has 1 heterocycles. The van der Waals surface area contributed by atoms with Gasteiger partial charge in [0.2, 0.25) is 0 Å². The first-order chi connectivity index (χ1) is 10.1. The molecule has 114 valence electrons. The highest BCUT2D eigenvalue weighted by Crippen LogP contribution is 2.28. The minimum absolute atomic E-state index is 0.250. The number of rotatable bonds is 2. The van der Waals surface area contributed by atoms with Gasteiger partial charge in [0.15, 0.2) is 5.58 Å². The third kappa shape index (κ3) is 5.21. The first kappa shape index (κ1) is 17.2. The number of carbonyl (C=O) groups excluding carboxylic acids is 1. The Morgan fingerprint density at radius 2 is 2.05 bits per heavy atom. The number of halogens is 1. The number of fused-ring (bicyclic) bond motifs is 1. The SMILES string of the molecule is CNC1CC1C.O=CO.O=Cc1cc(Cl)c2occc2c1. The first-order valence-corrected chi connectivity index (χ1v) is 6.82. The van der Waals surface area contributed by atoms with Crippen molar-refractivity contribution >= 4 is 35.3 Å². The fourth-order valence-electron chi connectivity index (χ4n) is 1.85. The predicted molar refractivity (Wildman–Crippen MR) is 81.9 cm³/mol. The molecule has 2 N–H and O–H groups in total. The van der Waals surface area contributed by atoms with Crippen molar-refractivity contribution in [2.75, 3.05) is 7.05 Å². The number of furan rings is 1. The van der Waals surface area contributed by atoms with E-state index in [2.05, 4.69) is 12.2 Å². The summed E-state index contributed by atoms with van der Waals surface area (Å²) in [6.45, 7) is 2.02. The number of carboxylic acid groups (broad SMARTS) is 1. The number of hydrogen-bond donors (Lipinski definition) is 2. The van der Waals surface area contributed by atoms with Crippen LogP contribution in [0.15, 0.2) is 28.9 Å². The maximum Gasteiger partial charge on any atom is 0.290 e. The van der Waals surface area contributed by atoms with E-state index in [9.17, 15) is 4.79 Å². The van der Waals surface area contributed by atoms with E-state index in [-0.39, 0.29) is 6.47 Å². The summed E-state index contributed by atoms with van der Waals surface area (Å²) in [5.41, 5.74) is 1.19. The lowest BCUT2D eigenvalue weighted by Crippen LogP contribution is -2.09. The summed E-state index contributed by atoms with van der Waals surface area (Å²) in [6.07, 6.45) is 3.69. The summed E-state index contributed by atoms with van der Waals surface area (Å²) in [5.74, 6) is 0.954. The Kier molecular flexibility index (Phi) is 6.91. The molecule has 1 aliphatic carbocycles. The standard InChI is InChI=1S/C9H5ClO2.C5H11N.CH2O2/c10-8-4-6(5-11)3-7-1-2-12-9(7)8;1-4-3-5(4)6-2;2-1-3/h1-5H;4-6H,3H2,1-2H3;1H,(H,2,3). The van der Waals surface area contributed by atoms with Crippen molar-refractivity contribution in [3.63, 3.8) is 0 Å². The van der Waals surface area contributed by atoms with Crippen LogP contribution in [0.25, 0.3) is 11.0 Å². The summed E-state index contributed by atoms with van der Waals surface area (Å²) in [4.78, 5) is 18.8. The van der Waals surface area contributed by atoms with E-state index in [4.69, 9.17) is 25.9 Å². The van der Waals surface area contributed by atoms with Gasteiger partial charge in [-0.1, -0.05) is 18.5 Å². The molecule has 2 aromatic rings. The molecular formula is C15H18ClNO4. The maximum atomic E-state index is 10.4. The Balaban J connectivity index is 0.000000205. The second-order valence-corrected chi connectivity index (χ2v) is 5.08. The van der Waals surface area contributed by atoms with Gasteiger partial charge in [-0.2, -0.15) is 0 Å². The summed E-state index contributed by atoms with van der Waals surface area (Å²) < 4.78 is 5.10. The number of nitrogens with one attached hydrogen (secondary N) is 1. The molecule has 1 fully saturated rings. The fraction of sp³-hybridized carbons (Fsp3) is 0.333. The van der Waals surface area contributed by atoms with Crippen LogP contribution in [-0.2, 0) is 4.79 Å². The van der Waals surface area contributed by atoms with Gasteiger partial charge in [-0.25, -0.2) is 0 Å². The van der Waals surface area contributed by atoms with Crippen LogP contribution in [0.5, 0.6) is 0 Å². The van der Waals surface area contributed by atoms with E-state index in [1.165, 1.54) is 6.42 Å². The summed E-state index contributed by atoms with van der Waals surface area (Å²) in [5, 5.41) is 11.4. The normalized spacial score (nSPS) is 18.8. The van der Waals surface area contributed by atoms with E-state index in [1.54, 1.807) is 24.5 Å². The summed E-state index contributed by atoms with van der Waals surface area (Å²) in [7, 11) is 2.02. The molecule has 0 aliphatic heterocycles. The molecule has 1 aromatic heterocycles. The largest absolute Gasteiger partial charge is 0.483 e. The molecule has 0 bridgehead atoms. The smallest absolute Gasteiger partial charge is 0.290 e. The topological polar surface area (TPSA) is 79.5 Å². The molecule has 2 atom stereocenters. The minimum atomic E-state index is -0.250. The molecule has 0 saturated heterocycles. The van der Waals surface area contributed by atoms with Gasteiger partial charge < -0.3 is 14.8 Å². The molecule has 1 saturated carbocycles. The highest BCUT2D eigenvalue weighted by molar-refractivity contribution is 6.35. The van der Waals surface area contributed by atoms with Crippen molar-refractivity contribution in [1.29, 1.82) is 0 Å². The second-order valence-electron chi connectivity index (χ2n) is 4.67. The van der Waals surface area contributed by atoms with Crippen molar-refractivity contribution in [2.45, 2.75) is 19.4 Å². The van der Waals surface area contributed by atoms with Crippen molar-refractivity contribution in [2.24, 2.45) is 5.92 Å². The lowest BCUT2D eigenvalue weighted by atomic mass is 10.2. The highest BCUT2D eigenvalue weighted by atomic mass is 35.5. The van der Waals surface area contributed by atoms with Crippen molar-refractivity contribution in [3.05, 3.63) is 35.0 Å². The molecule has 0 radical (unpaired) electrons. The van der Waals surface area contributed by atoms with Crippen LogP contribution >= 0.6 is 11.6 Å². The Bertz CT molecular complexity index is 594. The zero-order valence-corrected chi connectivity index (χ0v) is 12.6. The number of aldehydes is 1. The van der Waals surface area contributed by atoms with Crippen LogP contribution in [0.2, 0.25) is 5.02 Å². The van der Waals surface area contributed by atoms with Crippen LogP contribution in [0.1, 0.15) is 23.7 Å². The molecule has 1 aliphatic rings. The molecule has 6 heteroatoms. The van der Waals surface area contributed by atoms with Crippen molar-refractivity contribution < 1.29 is 19.1 Å². The van der Waals surface area contributed by atoms with Crippen molar-refractivity contribution in [1.82, 2.24) is 5.32 Å². The third-order valence-corrected chi connectivity index (χ3v) is 3.43. The zero-order chi connectivity index (χ0) is 15.8. The number of benzene rings is 1. The summed E-state index contributed by atoms with van der Waals surface area (Å²) >= 11 is 5.83. The second kappa shape index (κ2) is 8.44. The molecule has 0 amide bonds. The van der Waals surface area contributed by atoms with Gasteiger partial charge in [0, 0.05) is 17.0 Å². The van der Waals surface area contributed by atoms with Gasteiger partial charge in [-0.3, -0.25) is 9.59 Å². The molecule has 3 rings (SSSR count). The predicted octanol–water partition coefficient (Wildman–Crippen LogP) is 3.21. The molecule has 5 nitrogen and oxygen atoms in total. The van der Waals surface area contributed by atoms with Gasteiger partial charge in [0.1, 0.15) is 6.29 Å². The van der Waals surface area contributed by atoms with Gasteiger partial charge in [-0.15, -0.1) is 0 Å². The van der Waals surface area contributed by atoms with Gasteiger partial charge in [0.25, 0.3) is 6.47 Å². The number of carbonyl (C=O) groups is 2. The zero-order valence-electron chi connectivity index (χ0n) is 11.9. The molecule has 2 unspecified atom stereocenters. The Labute approximate surface area is 127 Å². The van der Waals surface area contributed by atoms with E-state index < -0.39 is 0 Å². The third-order valence-electron chi connectivity index (χ3n) is 3.14. The average Bonchev–Trinajstić information content (AvgIpc) is 2.99. The molecule has 21 heavy (non-hydrogen) atoms. The minimum Gasteiger partial charge on any atom is -0.483 e. The van der Waals surface area contributed by atoms with Crippen molar-refractivity contribution in [3.8, 4) is 0 Å². The van der Waals surface area contributed by atoms with E-state index >= 15 is 0 Å². The molecule has 1 aromatic carbocycles. The van der Waals surface area contributed by atoms with E-state index in [0.717, 1.165) is 23.6 Å². The van der Waals surface area contributed by atoms with Gasteiger partial charge in [0.05, 0.1) is 11.3 Å². The average molecular weight is 312 g/mol. The quantitative estimate of drug-likeness (QED) is 0.832. The Hall–Kier alpha value is -1.85. The van der Waals surface area contributed by atoms with Crippen LogP contribution in [-0.4, -0.2) is 31.0 Å². The monoisotopic (exact) mass is 311 g/mol. The van der Waals surface area contributed by atoms with E-state index in [1.807, 2.05) is 7.05 Å². The van der Waals surface area contributed by atoms with Crippen LogP contribution in [0.3, 0.4) is 0 Å². The molecule has 0 spiro atoms. The first-order valence-electron chi connectivity index (χ1n) is 6.44. The maximum absolute atomic E-state index is 10.4. The van der Waals surface area contributed by atoms with Crippen LogP contribution in [0.4, 0.5) is 0 Å². The highest BCUT2D eigenvalue weighted by Gasteiger charge is 2.29. The Morgan fingerprint density at radius 1 is 1.43 bits per heavy atom. The van der Waals surface area contributed by atoms with Gasteiger partial charge in [-0.05, 0) is 37.6 Å². The lowest BCUT2D eigenvalue weighted by Gasteiger charge is -1.93. The fourth-order valence-corrected chi connectivity index (χ4v) is 2.13. The summed E-state index contributed by atoms with van der Waals surface area (Å²) in [6, 6.07) is 5.94. The molecular weight excluding hydrogens is 294 g/mol. The number of hydrogen-bond acceptors (Lipinski definition) is 4.